The van der Waals surface area contributed by atoms with Crippen LogP contribution >= 0.6 is 23.1 Å². The molecule has 25 heavy (non-hydrogen) atoms. The van der Waals surface area contributed by atoms with E-state index < -0.39 is 11.5 Å². The van der Waals surface area contributed by atoms with Crippen molar-refractivity contribution in [2.45, 2.75) is 24.1 Å². The molecule has 130 valence electrons. The molecule has 0 spiro atoms. The largest absolute Gasteiger partial charge is 0.378 e. The van der Waals surface area contributed by atoms with Crippen LogP contribution in [0.5, 0.6) is 0 Å². The van der Waals surface area contributed by atoms with Crippen LogP contribution in [0.2, 0.25) is 0 Å². The highest BCUT2D eigenvalue weighted by molar-refractivity contribution is 7.98. The van der Waals surface area contributed by atoms with Crippen LogP contribution in [0.3, 0.4) is 0 Å². The summed E-state index contributed by atoms with van der Waals surface area (Å²) in [4.78, 5) is 29.0. The fourth-order valence-electron chi connectivity index (χ4n) is 2.38. The molecular weight excluding hydrogens is 358 g/mol. The highest BCUT2D eigenvalue weighted by Gasteiger charge is 2.31. The molecule has 3 aromatic heterocycles. The first-order valence-electron chi connectivity index (χ1n) is 7.51. The number of nitrogens with zero attached hydrogens (tertiary/aromatic N) is 2. The average Bonchev–Trinajstić information content (AvgIpc) is 3.07. The summed E-state index contributed by atoms with van der Waals surface area (Å²) >= 11 is 2.97. The van der Waals surface area contributed by atoms with Crippen molar-refractivity contribution in [2.24, 2.45) is 0 Å². The summed E-state index contributed by atoms with van der Waals surface area (Å²) in [5.74, 6) is -0.594. The van der Waals surface area contributed by atoms with E-state index >= 15 is 0 Å². The Bertz CT molecular complexity index is 961. The predicted molar refractivity (Wildman–Crippen MR) is 101 cm³/mol. The van der Waals surface area contributed by atoms with Gasteiger partial charge >= 0.3 is 0 Å². The van der Waals surface area contributed by atoms with Gasteiger partial charge in [-0.05, 0) is 42.8 Å². The first kappa shape index (κ1) is 17.7. The van der Waals surface area contributed by atoms with E-state index in [9.17, 15) is 14.7 Å². The van der Waals surface area contributed by atoms with Crippen molar-refractivity contribution in [3.05, 3.63) is 52.4 Å². The molecule has 0 aromatic carbocycles. The Morgan fingerprint density at radius 2 is 2.20 bits per heavy atom. The molecule has 0 saturated heterocycles. The zero-order chi connectivity index (χ0) is 18.0. The summed E-state index contributed by atoms with van der Waals surface area (Å²) in [7, 11) is 0. The summed E-state index contributed by atoms with van der Waals surface area (Å²) in [6.45, 7) is 1.25. The molecule has 0 radical (unpaired) electrons. The minimum absolute atomic E-state index is 0.139. The minimum Gasteiger partial charge on any atom is -0.378 e. The van der Waals surface area contributed by atoms with Crippen LogP contribution in [0.15, 0.2) is 51.9 Å². The van der Waals surface area contributed by atoms with Gasteiger partial charge in [-0.3, -0.25) is 9.59 Å². The van der Waals surface area contributed by atoms with Crippen molar-refractivity contribution in [3.63, 3.8) is 0 Å². The molecule has 1 atom stereocenters. The smallest absolute Gasteiger partial charge is 0.259 e. The van der Waals surface area contributed by atoms with Gasteiger partial charge in [0.05, 0.1) is 28.8 Å². The number of amides is 1. The van der Waals surface area contributed by atoms with Crippen molar-refractivity contribution >= 4 is 44.8 Å². The SMILES string of the molecule is CSc1ccc(NC(=O)C(C)(O)Cn2ccc3sccc3c2=O)cn1. The van der Waals surface area contributed by atoms with Crippen LogP contribution in [-0.4, -0.2) is 32.4 Å². The lowest BCUT2D eigenvalue weighted by atomic mass is 10.1. The van der Waals surface area contributed by atoms with Gasteiger partial charge in [-0.1, -0.05) is 0 Å². The molecule has 8 heteroatoms. The normalized spacial score (nSPS) is 13.6. The molecule has 0 fully saturated rings. The second-order valence-corrected chi connectivity index (χ2v) is 7.54. The third kappa shape index (κ3) is 3.76. The summed E-state index contributed by atoms with van der Waals surface area (Å²) in [5.41, 5.74) is -1.48. The fourth-order valence-corrected chi connectivity index (χ4v) is 3.51. The average molecular weight is 375 g/mol. The maximum atomic E-state index is 12.4. The Morgan fingerprint density at radius 1 is 1.40 bits per heavy atom. The second kappa shape index (κ2) is 6.99. The highest BCUT2D eigenvalue weighted by Crippen LogP contribution is 2.18. The van der Waals surface area contributed by atoms with Gasteiger partial charge in [0.15, 0.2) is 5.60 Å². The van der Waals surface area contributed by atoms with Gasteiger partial charge in [-0.2, -0.15) is 0 Å². The van der Waals surface area contributed by atoms with E-state index in [2.05, 4.69) is 10.3 Å². The van der Waals surface area contributed by atoms with Crippen molar-refractivity contribution in [3.8, 4) is 0 Å². The predicted octanol–water partition coefficient (Wildman–Crippen LogP) is 2.57. The monoisotopic (exact) mass is 375 g/mol. The van der Waals surface area contributed by atoms with Crippen LogP contribution < -0.4 is 10.9 Å². The van der Waals surface area contributed by atoms with E-state index in [1.165, 1.54) is 40.8 Å². The van der Waals surface area contributed by atoms with Gasteiger partial charge in [-0.25, -0.2) is 4.98 Å². The number of anilines is 1. The number of carbonyl (C=O) groups is 1. The topological polar surface area (TPSA) is 84.2 Å². The number of hydrogen-bond donors (Lipinski definition) is 2. The Balaban J connectivity index is 1.78. The van der Waals surface area contributed by atoms with Crippen molar-refractivity contribution in [2.75, 3.05) is 11.6 Å². The zero-order valence-electron chi connectivity index (χ0n) is 13.7. The number of pyridine rings is 2. The molecule has 3 rings (SSSR count). The van der Waals surface area contributed by atoms with Crippen LogP contribution in [-0.2, 0) is 11.3 Å². The van der Waals surface area contributed by atoms with Crippen molar-refractivity contribution in [1.82, 2.24) is 9.55 Å². The fraction of sp³-hybridized carbons (Fsp3) is 0.235. The lowest BCUT2D eigenvalue weighted by Gasteiger charge is -2.23. The number of nitrogens with one attached hydrogen (secondary N) is 1. The number of thioether (sulfide) groups is 1. The first-order valence-corrected chi connectivity index (χ1v) is 9.62. The number of aliphatic hydroxyl groups is 1. The molecule has 0 aliphatic rings. The Hall–Kier alpha value is -2.16. The molecule has 6 nitrogen and oxygen atoms in total. The number of fused-ring (bicyclic) bond motifs is 1. The molecule has 0 saturated carbocycles. The molecule has 3 aromatic rings. The van der Waals surface area contributed by atoms with Gasteiger partial charge in [0, 0.05) is 10.9 Å². The first-order chi connectivity index (χ1) is 11.9. The standard InChI is InChI=1S/C17H17N3O3S2/c1-17(23,16(22)19-11-3-4-14(24-2)18-9-11)10-20-7-5-13-12(15(20)21)6-8-25-13/h3-9,23H,10H2,1-2H3,(H,19,22). The Kier molecular flexibility index (Phi) is 4.94. The lowest BCUT2D eigenvalue weighted by molar-refractivity contribution is -0.133. The number of aromatic nitrogens is 2. The molecular formula is C17H17N3O3S2. The van der Waals surface area contributed by atoms with Gasteiger partial charge in [0.25, 0.3) is 11.5 Å². The molecule has 0 aliphatic heterocycles. The number of hydrogen-bond acceptors (Lipinski definition) is 6. The van der Waals surface area contributed by atoms with E-state index in [4.69, 9.17) is 0 Å². The second-order valence-electron chi connectivity index (χ2n) is 5.76. The zero-order valence-corrected chi connectivity index (χ0v) is 15.4. The Labute approximate surface area is 152 Å². The summed E-state index contributed by atoms with van der Waals surface area (Å²) in [6, 6.07) is 7.05. The van der Waals surface area contributed by atoms with E-state index in [1.54, 1.807) is 30.5 Å². The van der Waals surface area contributed by atoms with E-state index in [0.29, 0.717) is 11.1 Å². The molecule has 1 unspecified atom stereocenters. The van der Waals surface area contributed by atoms with Crippen LogP contribution in [0, 0.1) is 0 Å². The van der Waals surface area contributed by atoms with Gasteiger partial charge < -0.3 is 15.0 Å². The number of carbonyl (C=O) groups excluding carboxylic acids is 1. The van der Waals surface area contributed by atoms with Crippen LogP contribution in [0.1, 0.15) is 6.92 Å². The molecule has 2 N–H and O–H groups in total. The van der Waals surface area contributed by atoms with Crippen molar-refractivity contribution in [1.29, 1.82) is 0 Å². The van der Waals surface area contributed by atoms with Gasteiger partial charge in [0.1, 0.15) is 0 Å². The summed E-state index contributed by atoms with van der Waals surface area (Å²) in [5, 5.41) is 16.4. The van der Waals surface area contributed by atoms with Gasteiger partial charge in [0.2, 0.25) is 0 Å². The van der Waals surface area contributed by atoms with E-state index in [1.807, 2.05) is 11.6 Å². The van der Waals surface area contributed by atoms with Crippen molar-refractivity contribution < 1.29 is 9.90 Å². The highest BCUT2D eigenvalue weighted by atomic mass is 32.2. The number of rotatable bonds is 5. The molecule has 0 bridgehead atoms. The van der Waals surface area contributed by atoms with Crippen LogP contribution in [0.25, 0.3) is 10.1 Å². The third-order valence-electron chi connectivity index (χ3n) is 3.76. The van der Waals surface area contributed by atoms with Crippen LogP contribution in [0.4, 0.5) is 5.69 Å². The Morgan fingerprint density at radius 3 is 2.88 bits per heavy atom. The quantitative estimate of drug-likeness (QED) is 0.670. The molecule has 1 amide bonds. The lowest BCUT2D eigenvalue weighted by Crippen LogP contribution is -2.45. The maximum absolute atomic E-state index is 12.4. The van der Waals surface area contributed by atoms with Gasteiger partial charge in [-0.15, -0.1) is 23.1 Å². The minimum atomic E-state index is -1.74. The molecule has 3 heterocycles. The third-order valence-corrected chi connectivity index (χ3v) is 5.30. The van der Waals surface area contributed by atoms with E-state index in [0.717, 1.165) is 9.73 Å². The maximum Gasteiger partial charge on any atom is 0.259 e. The number of thiophene rings is 1. The summed E-state index contributed by atoms with van der Waals surface area (Å²) in [6.07, 6.45) is 5.04. The van der Waals surface area contributed by atoms with E-state index in [-0.39, 0.29) is 12.1 Å². The summed E-state index contributed by atoms with van der Waals surface area (Å²) < 4.78 is 2.23. The molecule has 0 aliphatic carbocycles.